The lowest BCUT2D eigenvalue weighted by Gasteiger charge is -2.17. The van der Waals surface area contributed by atoms with Crippen molar-refractivity contribution in [2.24, 2.45) is 0 Å². The summed E-state index contributed by atoms with van der Waals surface area (Å²) in [5, 5.41) is 20.8. The highest BCUT2D eigenvalue weighted by atomic mass is 16.5. The quantitative estimate of drug-likeness (QED) is 0.650. The Kier molecular flexibility index (Phi) is 5.68. The first-order valence-electron chi connectivity index (χ1n) is 5.76. The molecule has 0 aromatic heterocycles. The van der Waals surface area contributed by atoms with Gasteiger partial charge in [0.2, 0.25) is 0 Å². The van der Waals surface area contributed by atoms with Crippen molar-refractivity contribution in [2.75, 3.05) is 7.11 Å². The summed E-state index contributed by atoms with van der Waals surface area (Å²) >= 11 is 0. The maximum atomic E-state index is 11.1. The molecule has 0 aromatic carbocycles. The van der Waals surface area contributed by atoms with Crippen molar-refractivity contribution in [3.05, 3.63) is 35.5 Å². The summed E-state index contributed by atoms with van der Waals surface area (Å²) in [6.07, 6.45) is 8.33. The van der Waals surface area contributed by atoms with Crippen LogP contribution >= 0.6 is 0 Å². The number of carbonyl (C=O) groups excluding carboxylic acids is 1. The Morgan fingerprint density at radius 3 is 2.89 bits per heavy atom. The number of hydrogen-bond donors (Lipinski definition) is 3. The summed E-state index contributed by atoms with van der Waals surface area (Å²) in [6.45, 7) is 2.02. The van der Waals surface area contributed by atoms with Crippen LogP contribution in [-0.2, 0) is 4.74 Å². The second-order valence-corrected chi connectivity index (χ2v) is 4.22. The maximum absolute atomic E-state index is 11.1. The molecule has 1 atom stereocenters. The summed E-state index contributed by atoms with van der Waals surface area (Å²) in [4.78, 5) is 11.1. The van der Waals surface area contributed by atoms with Crippen LogP contribution in [0.1, 0.15) is 19.8 Å². The first-order chi connectivity index (χ1) is 8.52. The number of nitrogens with one attached hydrogen (secondary N) is 1. The summed E-state index contributed by atoms with van der Waals surface area (Å²) in [5.74, 6) is -0.792. The minimum atomic E-state index is -1.63. The van der Waals surface area contributed by atoms with Crippen LogP contribution in [-0.4, -0.2) is 36.3 Å². The zero-order valence-electron chi connectivity index (χ0n) is 10.6. The first kappa shape index (κ1) is 14.5. The van der Waals surface area contributed by atoms with E-state index in [1.807, 2.05) is 31.2 Å². The van der Waals surface area contributed by atoms with E-state index in [0.29, 0.717) is 6.42 Å². The molecule has 0 fully saturated rings. The van der Waals surface area contributed by atoms with Gasteiger partial charge in [-0.05, 0) is 25.3 Å². The smallest absolute Gasteiger partial charge is 0.453 e. The molecule has 3 N–H and O–H groups in total. The number of carbonyl (C=O) groups is 1. The van der Waals surface area contributed by atoms with Crippen LogP contribution < -0.4 is 5.32 Å². The van der Waals surface area contributed by atoms with Crippen LogP contribution in [0, 0.1) is 0 Å². The lowest BCUT2D eigenvalue weighted by Crippen LogP contribution is -2.46. The SMILES string of the molecule is COC(=O)NC(CC1=CC=C(C)CC=C1)B(O)O. The fourth-order valence-electron chi connectivity index (χ4n) is 1.60. The van der Waals surface area contributed by atoms with Gasteiger partial charge in [0, 0.05) is 0 Å². The Labute approximate surface area is 107 Å². The molecule has 1 rings (SSSR count). The fourth-order valence-corrected chi connectivity index (χ4v) is 1.60. The zero-order valence-corrected chi connectivity index (χ0v) is 10.6. The van der Waals surface area contributed by atoms with Gasteiger partial charge in [0.25, 0.3) is 0 Å². The summed E-state index contributed by atoms with van der Waals surface area (Å²) in [7, 11) is -0.403. The number of rotatable bonds is 4. The van der Waals surface area contributed by atoms with E-state index >= 15 is 0 Å². The molecule has 0 spiro atoms. The molecule has 98 valence electrons. The largest absolute Gasteiger partial charge is 0.475 e. The lowest BCUT2D eigenvalue weighted by molar-refractivity contribution is 0.167. The molecule has 18 heavy (non-hydrogen) atoms. The van der Waals surface area contributed by atoms with Gasteiger partial charge in [-0.15, -0.1) is 0 Å². The predicted octanol–water partition coefficient (Wildman–Crippen LogP) is 0.946. The number of alkyl carbamates (subject to hydrolysis) is 1. The molecule has 0 heterocycles. The van der Waals surface area contributed by atoms with Crippen LogP contribution in [0.3, 0.4) is 0 Å². The Balaban J connectivity index is 2.69. The molecule has 1 aliphatic rings. The van der Waals surface area contributed by atoms with Crippen molar-refractivity contribution < 1.29 is 19.6 Å². The Hall–Kier alpha value is -1.53. The van der Waals surface area contributed by atoms with E-state index in [4.69, 9.17) is 0 Å². The number of ether oxygens (including phenoxy) is 1. The van der Waals surface area contributed by atoms with E-state index in [2.05, 4.69) is 10.1 Å². The van der Waals surface area contributed by atoms with Crippen molar-refractivity contribution >= 4 is 13.2 Å². The molecule has 6 heteroatoms. The molecule has 1 aliphatic carbocycles. The van der Waals surface area contributed by atoms with Gasteiger partial charge in [-0.1, -0.05) is 29.9 Å². The van der Waals surface area contributed by atoms with Crippen molar-refractivity contribution in [3.8, 4) is 0 Å². The van der Waals surface area contributed by atoms with E-state index in [9.17, 15) is 14.8 Å². The van der Waals surface area contributed by atoms with Gasteiger partial charge in [0.05, 0.1) is 13.1 Å². The molecule has 5 nitrogen and oxygen atoms in total. The zero-order chi connectivity index (χ0) is 13.5. The monoisotopic (exact) mass is 251 g/mol. The average Bonchev–Trinajstić information content (AvgIpc) is 2.53. The highest BCUT2D eigenvalue weighted by Crippen LogP contribution is 2.15. The number of methoxy groups -OCH3 is 1. The third kappa shape index (κ3) is 4.77. The Bertz CT molecular complexity index is 388. The molecular weight excluding hydrogens is 233 g/mol. The summed E-state index contributed by atoms with van der Waals surface area (Å²) in [5.41, 5.74) is 2.14. The molecule has 1 unspecified atom stereocenters. The molecular formula is C12H18BNO4. The van der Waals surface area contributed by atoms with Gasteiger partial charge < -0.3 is 20.1 Å². The van der Waals surface area contributed by atoms with Crippen LogP contribution in [0.2, 0.25) is 0 Å². The Morgan fingerprint density at radius 1 is 1.56 bits per heavy atom. The Morgan fingerprint density at radius 2 is 2.28 bits per heavy atom. The molecule has 0 bridgehead atoms. The van der Waals surface area contributed by atoms with Crippen LogP contribution in [0.4, 0.5) is 4.79 Å². The normalized spacial score (nSPS) is 16.2. The van der Waals surface area contributed by atoms with Crippen molar-refractivity contribution in [2.45, 2.75) is 25.7 Å². The number of allylic oxidation sites excluding steroid dienone is 5. The number of amides is 1. The molecule has 0 aromatic rings. The molecule has 0 radical (unpaired) electrons. The van der Waals surface area contributed by atoms with Gasteiger partial charge in [0.1, 0.15) is 0 Å². The summed E-state index contributed by atoms with van der Waals surface area (Å²) < 4.78 is 4.44. The van der Waals surface area contributed by atoms with E-state index in [-0.39, 0.29) is 0 Å². The van der Waals surface area contributed by atoms with E-state index in [1.54, 1.807) is 0 Å². The first-order valence-corrected chi connectivity index (χ1v) is 5.76. The number of hydrogen-bond acceptors (Lipinski definition) is 4. The average molecular weight is 251 g/mol. The van der Waals surface area contributed by atoms with Gasteiger partial charge in [-0.25, -0.2) is 4.79 Å². The summed E-state index contributed by atoms with van der Waals surface area (Å²) in [6, 6.07) is 0. The van der Waals surface area contributed by atoms with Crippen LogP contribution in [0.5, 0.6) is 0 Å². The van der Waals surface area contributed by atoms with Gasteiger partial charge in [-0.2, -0.15) is 0 Å². The fraction of sp³-hybridized carbons (Fsp3) is 0.417. The minimum Gasteiger partial charge on any atom is -0.453 e. The van der Waals surface area contributed by atoms with E-state index in [0.717, 1.165) is 12.0 Å². The third-order valence-corrected chi connectivity index (χ3v) is 2.66. The molecule has 1 amide bonds. The predicted molar refractivity (Wildman–Crippen MR) is 69.7 cm³/mol. The van der Waals surface area contributed by atoms with Crippen LogP contribution in [0.15, 0.2) is 35.5 Å². The van der Waals surface area contributed by atoms with Gasteiger partial charge >= 0.3 is 13.2 Å². The van der Waals surface area contributed by atoms with Crippen molar-refractivity contribution in [1.82, 2.24) is 5.32 Å². The molecule has 0 aliphatic heterocycles. The highest BCUT2D eigenvalue weighted by molar-refractivity contribution is 6.43. The second-order valence-electron chi connectivity index (χ2n) is 4.22. The van der Waals surface area contributed by atoms with Gasteiger partial charge in [-0.3, -0.25) is 0 Å². The van der Waals surface area contributed by atoms with Crippen molar-refractivity contribution in [3.63, 3.8) is 0 Å². The van der Waals surface area contributed by atoms with Gasteiger partial charge in [0.15, 0.2) is 0 Å². The highest BCUT2D eigenvalue weighted by Gasteiger charge is 2.26. The molecule has 0 saturated heterocycles. The van der Waals surface area contributed by atoms with E-state index < -0.39 is 19.2 Å². The standard InChI is InChI=1S/C12H18BNO4/c1-9-4-3-5-10(7-6-9)8-11(13(16)17)14-12(15)18-2/h3,5-7,11,16-17H,4,8H2,1-2H3,(H,14,15). The topological polar surface area (TPSA) is 78.8 Å². The minimum absolute atomic E-state index is 0.326. The maximum Gasteiger partial charge on any atom is 0.475 e. The second kappa shape index (κ2) is 7.03. The lowest BCUT2D eigenvalue weighted by atomic mass is 9.76. The van der Waals surface area contributed by atoms with Crippen molar-refractivity contribution in [1.29, 1.82) is 0 Å². The van der Waals surface area contributed by atoms with E-state index in [1.165, 1.54) is 12.7 Å². The molecule has 0 saturated carbocycles. The van der Waals surface area contributed by atoms with Crippen LogP contribution in [0.25, 0.3) is 0 Å². The third-order valence-electron chi connectivity index (χ3n) is 2.66.